The predicted octanol–water partition coefficient (Wildman–Crippen LogP) is -1.04. The van der Waals surface area contributed by atoms with Crippen LogP contribution in [0.1, 0.15) is 33.1 Å². The van der Waals surface area contributed by atoms with E-state index in [9.17, 15) is 19.2 Å². The largest absolute Gasteiger partial charge is 0.378 e. The summed E-state index contributed by atoms with van der Waals surface area (Å²) in [5, 5.41) is 10.5. The molecule has 0 fully saturated rings. The van der Waals surface area contributed by atoms with E-state index in [1.54, 1.807) is 13.8 Å². The summed E-state index contributed by atoms with van der Waals surface area (Å²) in [4.78, 5) is 46.7. The van der Waals surface area contributed by atoms with Crippen LogP contribution in [0.5, 0.6) is 0 Å². The summed E-state index contributed by atoms with van der Waals surface area (Å²) in [6, 6.07) is 0. The minimum atomic E-state index is -1.05. The first-order valence-electron chi connectivity index (χ1n) is 10.4. The van der Waals surface area contributed by atoms with Gasteiger partial charge in [-0.3, -0.25) is 19.2 Å². The maximum absolute atomic E-state index is 12.5. The molecule has 4 N–H and O–H groups in total. The second-order valence-corrected chi connectivity index (χ2v) is 7.35. The van der Waals surface area contributed by atoms with Gasteiger partial charge in [0.05, 0.1) is 39.6 Å². The van der Waals surface area contributed by atoms with Gasteiger partial charge >= 0.3 is 0 Å². The minimum absolute atomic E-state index is 0.0302. The molecule has 0 aromatic heterocycles. The van der Waals surface area contributed by atoms with Crippen LogP contribution in [0.4, 0.5) is 0 Å². The van der Waals surface area contributed by atoms with E-state index in [-0.39, 0.29) is 88.5 Å². The van der Waals surface area contributed by atoms with Crippen molar-refractivity contribution in [1.82, 2.24) is 21.3 Å². The van der Waals surface area contributed by atoms with Gasteiger partial charge in [0.2, 0.25) is 23.6 Å². The number of rotatable bonds is 17. The Labute approximate surface area is 184 Å². The van der Waals surface area contributed by atoms with E-state index in [0.717, 1.165) is 0 Å². The number of nitrogens with one attached hydrogen (secondary N) is 4. The Hall–Kier alpha value is -2.24. The molecule has 0 aromatic rings. The van der Waals surface area contributed by atoms with Crippen molar-refractivity contribution < 1.29 is 33.4 Å². The molecule has 31 heavy (non-hydrogen) atoms. The summed E-state index contributed by atoms with van der Waals surface area (Å²) in [5.41, 5.74) is -1.05. The molecule has 0 unspecified atom stereocenters. The number of carbonyl (C=O) groups is 4. The fourth-order valence-corrected chi connectivity index (χ4v) is 2.31. The Morgan fingerprint density at radius 2 is 1.00 bits per heavy atom. The van der Waals surface area contributed by atoms with Gasteiger partial charge in [-0.2, -0.15) is 0 Å². The van der Waals surface area contributed by atoms with Crippen LogP contribution in [0.25, 0.3) is 0 Å². The first kappa shape index (κ1) is 28.8. The van der Waals surface area contributed by atoms with Crippen LogP contribution < -0.4 is 21.3 Å². The number of carbonyl (C=O) groups excluding carboxylic acids is 4. The topological polar surface area (TPSA) is 144 Å². The van der Waals surface area contributed by atoms with Crippen LogP contribution in [-0.2, 0) is 33.4 Å². The molecule has 0 radical (unpaired) electrons. The number of ether oxygens (including phenoxy) is 3. The molecular weight excluding hydrogens is 408 g/mol. The summed E-state index contributed by atoms with van der Waals surface area (Å²) in [6.07, 6.45) is 0.499. The number of amides is 4. The highest BCUT2D eigenvalue weighted by molar-refractivity contribution is 5.79. The summed E-state index contributed by atoms with van der Waals surface area (Å²) in [6.45, 7) is 4.05. The normalized spacial score (nSPS) is 11.2. The van der Waals surface area contributed by atoms with Crippen LogP contribution in [0, 0.1) is 5.92 Å². The number of hydrogen-bond donors (Lipinski definition) is 4. The molecule has 180 valence electrons. The van der Waals surface area contributed by atoms with Crippen LogP contribution in [0.3, 0.4) is 0 Å². The molecule has 11 nitrogen and oxygen atoms in total. The molecule has 0 aliphatic carbocycles. The fraction of sp³-hybridized carbons (Fsp3) is 0.800. The van der Waals surface area contributed by atoms with Gasteiger partial charge in [-0.1, -0.05) is 13.8 Å². The lowest BCUT2D eigenvalue weighted by Crippen LogP contribution is -2.59. The Morgan fingerprint density at radius 1 is 0.677 bits per heavy atom. The fourth-order valence-electron chi connectivity index (χ4n) is 2.31. The van der Waals surface area contributed by atoms with Gasteiger partial charge < -0.3 is 35.5 Å². The molecule has 4 amide bonds. The van der Waals surface area contributed by atoms with E-state index in [0.29, 0.717) is 0 Å². The van der Waals surface area contributed by atoms with Gasteiger partial charge in [0.15, 0.2) is 0 Å². The summed E-state index contributed by atoms with van der Waals surface area (Å²) < 4.78 is 17.0. The monoisotopic (exact) mass is 446 g/mol. The summed E-state index contributed by atoms with van der Waals surface area (Å²) in [7, 11) is 4.61. The molecule has 0 rings (SSSR count). The first-order chi connectivity index (χ1) is 14.7. The molecule has 0 bridgehead atoms. The van der Waals surface area contributed by atoms with E-state index in [1.165, 1.54) is 21.1 Å². The molecule has 0 aliphatic rings. The Balaban J connectivity index is 5.17. The Kier molecular flexibility index (Phi) is 15.3. The van der Waals surface area contributed by atoms with Crippen molar-refractivity contribution in [3.8, 4) is 0 Å². The molecule has 0 saturated carbocycles. The zero-order valence-electron chi connectivity index (χ0n) is 19.3. The van der Waals surface area contributed by atoms with E-state index in [1.807, 2.05) is 0 Å². The first-order valence-corrected chi connectivity index (χ1v) is 10.4. The van der Waals surface area contributed by atoms with Crippen molar-refractivity contribution in [2.45, 2.75) is 38.6 Å². The van der Waals surface area contributed by atoms with Crippen molar-refractivity contribution in [2.24, 2.45) is 5.92 Å². The Morgan fingerprint density at radius 3 is 1.26 bits per heavy atom. The molecule has 0 saturated heterocycles. The third-order valence-electron chi connectivity index (χ3n) is 4.30. The highest BCUT2D eigenvalue weighted by atomic mass is 16.5. The standard InChI is InChI=1S/C20H38N4O7/c1-15(2)19(28)24-20(12-29-9-6-16(25)21-3,13-30-10-7-17(26)22-4)14-31-11-8-18(27)23-5/h15H,6-14H2,1-5H3,(H,21,25)(H,22,26)(H,23,27)(H,24,28). The zero-order valence-corrected chi connectivity index (χ0v) is 19.3. The van der Waals surface area contributed by atoms with Crippen LogP contribution in [-0.4, -0.2) is 90.0 Å². The van der Waals surface area contributed by atoms with Crippen LogP contribution in [0.2, 0.25) is 0 Å². The molecule has 0 atom stereocenters. The summed E-state index contributed by atoms with van der Waals surface area (Å²) >= 11 is 0. The van der Waals surface area contributed by atoms with Crippen molar-refractivity contribution in [1.29, 1.82) is 0 Å². The molecule has 0 heterocycles. The van der Waals surface area contributed by atoms with E-state index < -0.39 is 5.54 Å². The van der Waals surface area contributed by atoms with E-state index >= 15 is 0 Å². The number of hydrogen-bond acceptors (Lipinski definition) is 7. The van der Waals surface area contributed by atoms with Crippen LogP contribution >= 0.6 is 0 Å². The average Bonchev–Trinajstić information content (AvgIpc) is 2.76. The van der Waals surface area contributed by atoms with E-state index in [2.05, 4.69) is 21.3 Å². The molecule has 0 spiro atoms. The third kappa shape index (κ3) is 13.6. The average molecular weight is 447 g/mol. The molecule has 0 aromatic carbocycles. The second kappa shape index (κ2) is 16.5. The van der Waals surface area contributed by atoms with Gasteiger partial charge in [0.25, 0.3) is 0 Å². The lowest BCUT2D eigenvalue weighted by Gasteiger charge is -2.35. The third-order valence-corrected chi connectivity index (χ3v) is 4.30. The predicted molar refractivity (Wildman–Crippen MR) is 114 cm³/mol. The van der Waals surface area contributed by atoms with Gasteiger partial charge in [0, 0.05) is 46.3 Å². The molecular formula is C20H38N4O7. The quantitative estimate of drug-likeness (QED) is 0.209. The maximum Gasteiger partial charge on any atom is 0.223 e. The van der Waals surface area contributed by atoms with E-state index in [4.69, 9.17) is 14.2 Å². The SMILES string of the molecule is CNC(=O)CCOCC(COCCC(=O)NC)(COCCC(=O)NC)NC(=O)C(C)C. The lowest BCUT2D eigenvalue weighted by atomic mass is 10.0. The van der Waals surface area contributed by atoms with Crippen molar-refractivity contribution in [2.75, 3.05) is 60.8 Å². The maximum atomic E-state index is 12.5. The van der Waals surface area contributed by atoms with Gasteiger partial charge in [-0.15, -0.1) is 0 Å². The summed E-state index contributed by atoms with van der Waals surface area (Å²) in [5.74, 6) is -1.01. The van der Waals surface area contributed by atoms with Crippen molar-refractivity contribution in [3.63, 3.8) is 0 Å². The highest BCUT2D eigenvalue weighted by Crippen LogP contribution is 2.12. The lowest BCUT2D eigenvalue weighted by molar-refractivity contribution is -0.132. The second-order valence-electron chi connectivity index (χ2n) is 7.35. The van der Waals surface area contributed by atoms with Gasteiger partial charge in [0.1, 0.15) is 5.54 Å². The van der Waals surface area contributed by atoms with Gasteiger partial charge in [-0.25, -0.2) is 0 Å². The zero-order chi connectivity index (χ0) is 23.7. The van der Waals surface area contributed by atoms with Gasteiger partial charge in [-0.05, 0) is 0 Å². The van der Waals surface area contributed by atoms with Crippen molar-refractivity contribution in [3.05, 3.63) is 0 Å². The highest BCUT2D eigenvalue weighted by Gasteiger charge is 2.34. The van der Waals surface area contributed by atoms with Crippen molar-refractivity contribution >= 4 is 23.6 Å². The smallest absolute Gasteiger partial charge is 0.223 e. The Bertz CT molecular complexity index is 510. The minimum Gasteiger partial charge on any atom is -0.378 e. The molecule has 11 heteroatoms. The molecule has 0 aliphatic heterocycles. The van der Waals surface area contributed by atoms with Crippen LogP contribution in [0.15, 0.2) is 0 Å².